The number of aromatic hydroxyl groups is 1. The third-order valence-corrected chi connectivity index (χ3v) is 7.53. The first kappa shape index (κ1) is 26.3. The van der Waals surface area contributed by atoms with Crippen LogP contribution in [-0.4, -0.2) is 84.6 Å². The van der Waals surface area contributed by atoms with Gasteiger partial charge in [0.2, 0.25) is 11.8 Å². The molecule has 2 amide bonds. The fourth-order valence-corrected chi connectivity index (χ4v) is 5.34. The van der Waals surface area contributed by atoms with Crippen LogP contribution in [0.5, 0.6) is 5.88 Å². The Balaban J connectivity index is 1.38. The Kier molecular flexibility index (Phi) is 6.79. The van der Waals surface area contributed by atoms with Gasteiger partial charge in [0.1, 0.15) is 5.65 Å². The van der Waals surface area contributed by atoms with Gasteiger partial charge in [-0.2, -0.15) is 9.61 Å². The SMILES string of the molecule is CC(C)Cn1c(=O)c(C(=O)NC2CC2)c(O)n2ncc(/C=C/C(=O)N3CCN(C4CC(F)(F)C4)C[C@@H]3C)c12. The number of hydrogen-bond acceptors (Lipinski definition) is 6. The molecular formula is C26H34F2N6O4. The van der Waals surface area contributed by atoms with Gasteiger partial charge in [-0.3, -0.25) is 23.9 Å². The first-order valence-corrected chi connectivity index (χ1v) is 13.2. The van der Waals surface area contributed by atoms with Gasteiger partial charge in [-0.25, -0.2) is 8.78 Å². The standard InChI is InChI=1S/C26H34F2N6O4/c1-15(2)13-33-23-17(12-29-34(23)25(38)21(24(33)37)22(36)30-18-5-6-18)4-7-20(35)32-9-8-31(14-16(32)3)19-10-26(27,28)11-19/h4,7,12,15-16,18-19,38H,5-6,8-11,13-14H2,1-3H3,(H,30,36)/b7-4+/t16-/m0/s1. The molecule has 3 fully saturated rings. The lowest BCUT2D eigenvalue weighted by Crippen LogP contribution is -2.60. The summed E-state index contributed by atoms with van der Waals surface area (Å²) in [7, 11) is 0. The Morgan fingerprint density at radius 1 is 1.26 bits per heavy atom. The first-order chi connectivity index (χ1) is 17.9. The van der Waals surface area contributed by atoms with Crippen LogP contribution in [0.2, 0.25) is 0 Å². The lowest BCUT2D eigenvalue weighted by molar-refractivity contribution is -0.143. The van der Waals surface area contributed by atoms with E-state index in [1.807, 2.05) is 25.7 Å². The van der Waals surface area contributed by atoms with Crippen molar-refractivity contribution in [1.29, 1.82) is 0 Å². The van der Waals surface area contributed by atoms with Gasteiger partial charge in [0, 0.05) is 68.8 Å². The van der Waals surface area contributed by atoms with Crippen LogP contribution in [0.25, 0.3) is 11.7 Å². The lowest BCUT2D eigenvalue weighted by atomic mass is 9.86. The van der Waals surface area contributed by atoms with Crippen molar-refractivity contribution in [2.24, 2.45) is 5.92 Å². The molecule has 12 heteroatoms. The summed E-state index contributed by atoms with van der Waals surface area (Å²) in [6, 6.07) is -0.271. The predicted octanol–water partition coefficient (Wildman–Crippen LogP) is 2.09. The maximum absolute atomic E-state index is 13.4. The van der Waals surface area contributed by atoms with E-state index in [4.69, 9.17) is 0 Å². The summed E-state index contributed by atoms with van der Waals surface area (Å²) < 4.78 is 29.2. The van der Waals surface area contributed by atoms with Crippen LogP contribution < -0.4 is 10.9 Å². The summed E-state index contributed by atoms with van der Waals surface area (Å²) in [5, 5.41) is 17.8. The maximum atomic E-state index is 13.4. The minimum atomic E-state index is -2.58. The minimum absolute atomic E-state index is 0.0107. The van der Waals surface area contributed by atoms with Gasteiger partial charge in [-0.05, 0) is 31.8 Å². The van der Waals surface area contributed by atoms with Crippen LogP contribution in [0.4, 0.5) is 8.78 Å². The summed E-state index contributed by atoms with van der Waals surface area (Å²) in [6.07, 6.45) is 5.81. The number of nitrogens with zero attached hydrogens (tertiary/aromatic N) is 5. The van der Waals surface area contributed by atoms with Crippen LogP contribution >= 0.6 is 0 Å². The molecule has 3 heterocycles. The number of carbonyl (C=O) groups excluding carboxylic acids is 2. The Hall–Kier alpha value is -3.28. The molecule has 1 saturated heterocycles. The molecule has 0 radical (unpaired) electrons. The van der Waals surface area contributed by atoms with Crippen molar-refractivity contribution in [3.63, 3.8) is 0 Å². The maximum Gasteiger partial charge on any atom is 0.270 e. The van der Waals surface area contributed by atoms with Crippen molar-refractivity contribution in [2.75, 3.05) is 19.6 Å². The second kappa shape index (κ2) is 9.79. The third kappa shape index (κ3) is 5.05. The molecule has 2 N–H and O–H groups in total. The number of halogens is 2. The highest BCUT2D eigenvalue weighted by molar-refractivity contribution is 5.97. The number of amides is 2. The Morgan fingerprint density at radius 3 is 2.58 bits per heavy atom. The second-order valence-corrected chi connectivity index (χ2v) is 11.2. The van der Waals surface area contributed by atoms with Crippen LogP contribution in [0.1, 0.15) is 62.4 Å². The molecule has 3 aliphatic rings. The number of fused-ring (bicyclic) bond motifs is 1. The van der Waals surface area contributed by atoms with E-state index in [-0.39, 0.29) is 60.5 Å². The number of rotatable bonds is 7. The Morgan fingerprint density at radius 2 is 1.97 bits per heavy atom. The topological polar surface area (TPSA) is 112 Å². The highest BCUT2D eigenvalue weighted by Gasteiger charge is 2.48. The molecule has 1 aliphatic heterocycles. The van der Waals surface area contributed by atoms with Gasteiger partial charge < -0.3 is 15.3 Å². The van der Waals surface area contributed by atoms with E-state index in [1.54, 1.807) is 11.0 Å². The van der Waals surface area contributed by atoms with Crippen LogP contribution in [-0.2, 0) is 11.3 Å². The van der Waals surface area contributed by atoms with Crippen LogP contribution in [0.15, 0.2) is 17.1 Å². The number of aromatic nitrogens is 3. The molecule has 0 aromatic carbocycles. The van der Waals surface area contributed by atoms with Crippen molar-refractivity contribution in [2.45, 2.75) is 77.0 Å². The summed E-state index contributed by atoms with van der Waals surface area (Å²) in [5.74, 6) is -3.93. The Labute approximate surface area is 218 Å². The smallest absolute Gasteiger partial charge is 0.270 e. The van der Waals surface area contributed by atoms with Crippen molar-refractivity contribution in [1.82, 2.24) is 29.3 Å². The molecule has 0 spiro atoms. The molecule has 2 aromatic rings. The molecule has 38 heavy (non-hydrogen) atoms. The molecule has 0 unspecified atom stereocenters. The van der Waals surface area contributed by atoms with Crippen molar-refractivity contribution >= 4 is 23.5 Å². The summed E-state index contributed by atoms with van der Waals surface area (Å²) >= 11 is 0. The second-order valence-electron chi connectivity index (χ2n) is 11.2. The molecule has 2 saturated carbocycles. The molecule has 0 bridgehead atoms. The largest absolute Gasteiger partial charge is 0.492 e. The highest BCUT2D eigenvalue weighted by atomic mass is 19.3. The molecular weight excluding hydrogens is 498 g/mol. The fourth-order valence-electron chi connectivity index (χ4n) is 5.34. The van der Waals surface area contributed by atoms with Crippen LogP contribution in [0, 0.1) is 5.92 Å². The molecule has 206 valence electrons. The van der Waals surface area contributed by atoms with Gasteiger partial charge in [-0.1, -0.05) is 13.8 Å². The molecule has 2 aromatic heterocycles. The van der Waals surface area contributed by atoms with Crippen molar-refractivity contribution < 1.29 is 23.5 Å². The Bertz CT molecular complexity index is 1340. The third-order valence-electron chi connectivity index (χ3n) is 7.53. The predicted molar refractivity (Wildman–Crippen MR) is 136 cm³/mol. The fraction of sp³-hybridized carbons (Fsp3) is 0.615. The van der Waals surface area contributed by atoms with E-state index < -0.39 is 23.3 Å². The van der Waals surface area contributed by atoms with Crippen molar-refractivity contribution in [3.8, 4) is 5.88 Å². The number of hydrogen-bond donors (Lipinski definition) is 2. The number of alkyl halides is 2. The quantitative estimate of drug-likeness (QED) is 0.529. The molecule has 1 atom stereocenters. The van der Waals surface area contributed by atoms with Gasteiger partial charge in [0.15, 0.2) is 5.56 Å². The minimum Gasteiger partial charge on any atom is -0.492 e. The van der Waals surface area contributed by atoms with E-state index in [9.17, 15) is 28.3 Å². The normalized spacial score (nSPS) is 22.4. The van der Waals surface area contributed by atoms with E-state index in [2.05, 4.69) is 10.4 Å². The summed E-state index contributed by atoms with van der Waals surface area (Å²) in [5.41, 5.74) is -0.231. The van der Waals surface area contributed by atoms with Crippen molar-refractivity contribution in [3.05, 3.63) is 33.8 Å². The summed E-state index contributed by atoms with van der Waals surface area (Å²) in [4.78, 5) is 42.9. The lowest BCUT2D eigenvalue weighted by Gasteiger charge is -2.48. The van der Waals surface area contributed by atoms with Gasteiger partial charge in [0.05, 0.1) is 6.20 Å². The summed E-state index contributed by atoms with van der Waals surface area (Å²) in [6.45, 7) is 7.54. The molecule has 2 aliphatic carbocycles. The van der Waals surface area contributed by atoms with Gasteiger partial charge in [-0.15, -0.1) is 0 Å². The number of piperazine rings is 1. The van der Waals surface area contributed by atoms with E-state index in [0.29, 0.717) is 25.2 Å². The first-order valence-electron chi connectivity index (χ1n) is 13.2. The van der Waals surface area contributed by atoms with E-state index in [1.165, 1.54) is 16.8 Å². The average Bonchev–Trinajstić information content (AvgIpc) is 3.53. The monoisotopic (exact) mass is 532 g/mol. The average molecular weight is 533 g/mol. The zero-order valence-corrected chi connectivity index (χ0v) is 21.9. The van der Waals surface area contributed by atoms with E-state index in [0.717, 1.165) is 17.4 Å². The number of nitrogens with one attached hydrogen (secondary N) is 1. The van der Waals surface area contributed by atoms with Crippen LogP contribution in [0.3, 0.4) is 0 Å². The molecule has 5 rings (SSSR count). The zero-order valence-electron chi connectivity index (χ0n) is 21.9. The zero-order chi connectivity index (χ0) is 27.4. The van der Waals surface area contributed by atoms with E-state index >= 15 is 0 Å². The van der Waals surface area contributed by atoms with Gasteiger partial charge >= 0.3 is 0 Å². The molecule has 10 nitrogen and oxygen atoms in total. The highest BCUT2D eigenvalue weighted by Crippen LogP contribution is 2.41. The number of carbonyl (C=O) groups is 2. The van der Waals surface area contributed by atoms with Gasteiger partial charge in [0.25, 0.3) is 17.4 Å².